The van der Waals surface area contributed by atoms with Crippen LogP contribution in [0.15, 0.2) is 39.4 Å². The lowest BCUT2D eigenvalue weighted by Crippen LogP contribution is -2.10. The third-order valence-electron chi connectivity index (χ3n) is 2.73. The average Bonchev–Trinajstić information content (AvgIpc) is 3.16. The van der Waals surface area contributed by atoms with Crippen LogP contribution in [0.2, 0.25) is 0 Å². The van der Waals surface area contributed by atoms with Crippen LogP contribution in [0.5, 0.6) is 0 Å². The molecule has 110 valence electrons. The van der Waals surface area contributed by atoms with E-state index in [9.17, 15) is 14.9 Å². The summed E-state index contributed by atoms with van der Waals surface area (Å²) in [6.07, 6.45) is 0. The number of hydrogen-bond acceptors (Lipinski definition) is 8. The molecule has 0 saturated carbocycles. The number of nitro benzene ring substituents is 1. The standard InChI is InChI=1S/C12H7N5O5/c13-10(18)8-5-9(21-15-8)11-14-12(22-16-11)6-1-3-7(4-2-6)17(19)20/h1-5H,(H2,13,18). The molecule has 2 aromatic heterocycles. The molecular formula is C12H7N5O5. The number of primary amides is 1. The van der Waals surface area contributed by atoms with Crippen LogP contribution < -0.4 is 5.73 Å². The maximum absolute atomic E-state index is 10.9. The number of nitrogens with zero attached hydrogens (tertiary/aromatic N) is 4. The third kappa shape index (κ3) is 2.40. The highest BCUT2D eigenvalue weighted by Gasteiger charge is 2.17. The fraction of sp³-hybridized carbons (Fsp3) is 0. The minimum atomic E-state index is -0.742. The fourth-order valence-electron chi connectivity index (χ4n) is 1.66. The number of benzene rings is 1. The molecule has 3 rings (SSSR count). The van der Waals surface area contributed by atoms with Gasteiger partial charge >= 0.3 is 0 Å². The fourth-order valence-corrected chi connectivity index (χ4v) is 1.66. The number of carbonyl (C=O) groups is 1. The minimum absolute atomic E-state index is 0.0511. The van der Waals surface area contributed by atoms with Gasteiger partial charge in [0.2, 0.25) is 11.6 Å². The van der Waals surface area contributed by atoms with E-state index >= 15 is 0 Å². The van der Waals surface area contributed by atoms with Gasteiger partial charge in [0, 0.05) is 23.8 Å². The molecule has 22 heavy (non-hydrogen) atoms. The molecule has 3 aromatic rings. The molecule has 0 aliphatic heterocycles. The number of aromatic nitrogens is 3. The number of non-ortho nitro benzene ring substituents is 1. The van der Waals surface area contributed by atoms with E-state index in [0.717, 1.165) is 0 Å². The van der Waals surface area contributed by atoms with Crippen LogP contribution in [0.1, 0.15) is 10.5 Å². The first-order chi connectivity index (χ1) is 10.5. The first-order valence-corrected chi connectivity index (χ1v) is 5.90. The zero-order valence-electron chi connectivity index (χ0n) is 10.8. The Morgan fingerprint density at radius 1 is 1.18 bits per heavy atom. The molecule has 1 amide bonds. The molecular weight excluding hydrogens is 294 g/mol. The van der Waals surface area contributed by atoms with E-state index in [-0.39, 0.29) is 28.9 Å². The van der Waals surface area contributed by atoms with Crippen molar-refractivity contribution in [3.05, 3.63) is 46.1 Å². The normalized spacial score (nSPS) is 10.5. The highest BCUT2D eigenvalue weighted by atomic mass is 16.6. The predicted molar refractivity (Wildman–Crippen MR) is 70.4 cm³/mol. The third-order valence-corrected chi connectivity index (χ3v) is 2.73. The van der Waals surface area contributed by atoms with Gasteiger partial charge in [0.15, 0.2) is 5.69 Å². The smallest absolute Gasteiger partial charge is 0.270 e. The van der Waals surface area contributed by atoms with Crippen LogP contribution >= 0.6 is 0 Å². The minimum Gasteiger partial charge on any atom is -0.364 e. The zero-order valence-corrected chi connectivity index (χ0v) is 10.8. The van der Waals surface area contributed by atoms with Crippen LogP contribution in [0, 0.1) is 10.1 Å². The summed E-state index contributed by atoms with van der Waals surface area (Å²) < 4.78 is 9.93. The molecule has 0 fully saturated rings. The van der Waals surface area contributed by atoms with Gasteiger partial charge in [-0.05, 0) is 12.1 Å². The Labute approximate surface area is 121 Å². The molecule has 10 nitrogen and oxygen atoms in total. The molecule has 2 heterocycles. The topological polar surface area (TPSA) is 151 Å². The van der Waals surface area contributed by atoms with E-state index in [2.05, 4.69) is 15.3 Å². The van der Waals surface area contributed by atoms with Gasteiger partial charge in [0.05, 0.1) is 4.92 Å². The summed E-state index contributed by atoms with van der Waals surface area (Å²) in [4.78, 5) is 25.1. The quantitative estimate of drug-likeness (QED) is 0.560. The van der Waals surface area contributed by atoms with Crippen molar-refractivity contribution in [2.24, 2.45) is 5.73 Å². The van der Waals surface area contributed by atoms with Gasteiger partial charge in [-0.2, -0.15) is 4.98 Å². The lowest BCUT2D eigenvalue weighted by Gasteiger charge is -1.93. The number of hydrogen-bond donors (Lipinski definition) is 1. The molecule has 0 spiro atoms. The summed E-state index contributed by atoms with van der Waals surface area (Å²) >= 11 is 0. The van der Waals surface area contributed by atoms with Crippen molar-refractivity contribution in [3.63, 3.8) is 0 Å². The molecule has 0 bridgehead atoms. The summed E-state index contributed by atoms with van der Waals surface area (Å²) in [5.41, 5.74) is 5.45. The monoisotopic (exact) mass is 301 g/mol. The van der Waals surface area contributed by atoms with Crippen LogP contribution in [0.4, 0.5) is 5.69 Å². The van der Waals surface area contributed by atoms with Gasteiger partial charge in [0.25, 0.3) is 17.5 Å². The van der Waals surface area contributed by atoms with Crippen LogP contribution in [0.3, 0.4) is 0 Å². The maximum Gasteiger partial charge on any atom is 0.270 e. The molecule has 0 radical (unpaired) electrons. The van der Waals surface area contributed by atoms with Gasteiger partial charge < -0.3 is 14.8 Å². The summed E-state index contributed by atoms with van der Waals surface area (Å²) in [7, 11) is 0. The molecule has 0 saturated heterocycles. The van der Waals surface area contributed by atoms with Crippen LogP contribution in [-0.4, -0.2) is 26.1 Å². The van der Waals surface area contributed by atoms with Crippen molar-refractivity contribution >= 4 is 11.6 Å². The number of nitro groups is 1. The molecule has 0 aliphatic carbocycles. The lowest BCUT2D eigenvalue weighted by atomic mass is 10.2. The Bertz CT molecular complexity index is 851. The lowest BCUT2D eigenvalue weighted by molar-refractivity contribution is -0.384. The van der Waals surface area contributed by atoms with Gasteiger partial charge in [-0.1, -0.05) is 10.3 Å². The van der Waals surface area contributed by atoms with Crippen molar-refractivity contribution in [2.75, 3.05) is 0 Å². The number of carbonyl (C=O) groups excluding carboxylic acids is 1. The van der Waals surface area contributed by atoms with E-state index in [1.54, 1.807) is 0 Å². The summed E-state index contributed by atoms with van der Waals surface area (Å²) in [6.45, 7) is 0. The second-order valence-corrected chi connectivity index (χ2v) is 4.17. The summed E-state index contributed by atoms with van der Waals surface area (Å²) in [6, 6.07) is 6.87. The van der Waals surface area contributed by atoms with E-state index in [0.29, 0.717) is 5.56 Å². The van der Waals surface area contributed by atoms with Gasteiger partial charge in [-0.25, -0.2) is 0 Å². The largest absolute Gasteiger partial charge is 0.364 e. The number of nitrogens with two attached hydrogens (primary N) is 1. The molecule has 2 N–H and O–H groups in total. The van der Waals surface area contributed by atoms with Crippen LogP contribution in [-0.2, 0) is 0 Å². The molecule has 10 heteroatoms. The highest BCUT2D eigenvalue weighted by Crippen LogP contribution is 2.24. The van der Waals surface area contributed by atoms with Crippen molar-refractivity contribution in [2.45, 2.75) is 0 Å². The number of amides is 1. The van der Waals surface area contributed by atoms with E-state index in [1.807, 2.05) is 0 Å². The highest BCUT2D eigenvalue weighted by molar-refractivity contribution is 5.91. The number of rotatable bonds is 4. The van der Waals surface area contributed by atoms with Crippen molar-refractivity contribution < 1.29 is 18.8 Å². The average molecular weight is 301 g/mol. The second kappa shape index (κ2) is 5.09. The van der Waals surface area contributed by atoms with E-state index in [4.69, 9.17) is 14.8 Å². The van der Waals surface area contributed by atoms with Crippen LogP contribution in [0.25, 0.3) is 23.0 Å². The van der Waals surface area contributed by atoms with Gasteiger partial charge in [-0.15, -0.1) is 0 Å². The Balaban J connectivity index is 1.89. The summed E-state index contributed by atoms with van der Waals surface area (Å²) in [5, 5.41) is 17.7. The molecule has 0 unspecified atom stereocenters. The molecule has 1 aromatic carbocycles. The Hall–Kier alpha value is -3.56. The van der Waals surface area contributed by atoms with Gasteiger partial charge in [-0.3, -0.25) is 14.9 Å². The SMILES string of the molecule is NC(=O)c1cc(-c2noc(-c3ccc([N+](=O)[O-])cc3)n2)on1. The van der Waals surface area contributed by atoms with Crippen molar-refractivity contribution in [1.29, 1.82) is 0 Å². The Morgan fingerprint density at radius 2 is 1.91 bits per heavy atom. The molecule has 0 atom stereocenters. The van der Waals surface area contributed by atoms with Crippen molar-refractivity contribution in [1.82, 2.24) is 15.3 Å². The van der Waals surface area contributed by atoms with E-state index in [1.165, 1.54) is 30.3 Å². The summed E-state index contributed by atoms with van der Waals surface area (Å²) in [5.74, 6) is -0.407. The Morgan fingerprint density at radius 3 is 2.50 bits per heavy atom. The maximum atomic E-state index is 10.9. The first-order valence-electron chi connectivity index (χ1n) is 5.90. The van der Waals surface area contributed by atoms with Crippen molar-refractivity contribution in [3.8, 4) is 23.0 Å². The zero-order chi connectivity index (χ0) is 15.7. The second-order valence-electron chi connectivity index (χ2n) is 4.17. The first kappa shape index (κ1) is 13.4. The predicted octanol–water partition coefficient (Wildman–Crippen LogP) is 1.40. The van der Waals surface area contributed by atoms with Gasteiger partial charge in [0.1, 0.15) is 0 Å². The molecule has 0 aliphatic rings. The van der Waals surface area contributed by atoms with E-state index < -0.39 is 10.8 Å². The Kier molecular flexibility index (Phi) is 3.10.